The molecule has 124 valence electrons. The molecule has 1 aromatic carbocycles. The normalized spacial score (nSPS) is 10.9. The highest BCUT2D eigenvalue weighted by molar-refractivity contribution is 7.09. The maximum absolute atomic E-state index is 12.2. The monoisotopic (exact) mass is 348 g/mol. The average molecular weight is 348 g/mol. The summed E-state index contributed by atoms with van der Waals surface area (Å²) in [6.07, 6.45) is 4.35. The number of fused-ring (bicyclic) bond motifs is 1. The molecule has 3 heterocycles. The molecule has 0 aliphatic carbocycles. The largest absolute Gasteiger partial charge is 0.352 e. The molecule has 1 N–H and O–H groups in total. The van der Waals surface area contributed by atoms with Crippen molar-refractivity contribution in [3.05, 3.63) is 76.9 Å². The Balaban J connectivity index is 1.45. The molecule has 0 saturated heterocycles. The van der Waals surface area contributed by atoms with E-state index < -0.39 is 0 Å². The van der Waals surface area contributed by atoms with Crippen molar-refractivity contribution in [2.75, 3.05) is 6.54 Å². The first-order valence-corrected chi connectivity index (χ1v) is 8.88. The molecular weight excluding hydrogens is 332 g/mol. The molecule has 3 aromatic heterocycles. The predicted molar refractivity (Wildman–Crippen MR) is 99.2 cm³/mol. The number of pyridine rings is 1. The second kappa shape index (κ2) is 6.86. The van der Waals surface area contributed by atoms with Crippen molar-refractivity contribution in [1.82, 2.24) is 19.9 Å². The summed E-state index contributed by atoms with van der Waals surface area (Å²) in [6.45, 7) is 0.636. The van der Waals surface area contributed by atoms with Gasteiger partial charge in [0.05, 0.1) is 0 Å². The molecule has 6 heteroatoms. The topological polar surface area (TPSA) is 59.8 Å². The Kier molecular flexibility index (Phi) is 4.26. The van der Waals surface area contributed by atoms with Gasteiger partial charge in [0.1, 0.15) is 11.8 Å². The first-order chi connectivity index (χ1) is 12.3. The standard InChI is InChI=1S/C19H16N4OS/c24-19(21-11-9-16-3-2-12-25-16)14-5-7-15(8-6-14)23-13-22-17-4-1-10-20-18(17)23/h1-8,10,12-13H,9,11H2,(H,21,24). The van der Waals surface area contributed by atoms with Crippen LogP contribution >= 0.6 is 11.3 Å². The molecule has 0 radical (unpaired) electrons. The molecule has 0 aliphatic rings. The number of benzene rings is 1. The summed E-state index contributed by atoms with van der Waals surface area (Å²) in [5.41, 5.74) is 3.22. The predicted octanol–water partition coefficient (Wildman–Crippen LogP) is 3.45. The van der Waals surface area contributed by atoms with Crippen LogP contribution in [0.2, 0.25) is 0 Å². The van der Waals surface area contributed by atoms with Crippen molar-refractivity contribution in [3.63, 3.8) is 0 Å². The van der Waals surface area contributed by atoms with Crippen LogP contribution in [0.15, 0.2) is 66.4 Å². The molecule has 1 amide bonds. The fourth-order valence-electron chi connectivity index (χ4n) is 2.67. The summed E-state index contributed by atoms with van der Waals surface area (Å²) in [5, 5.41) is 5.00. The van der Waals surface area contributed by atoms with E-state index in [0.717, 1.165) is 23.3 Å². The van der Waals surface area contributed by atoms with Gasteiger partial charge in [-0.3, -0.25) is 9.36 Å². The third-order valence-electron chi connectivity index (χ3n) is 3.95. The Labute approximate surface area is 149 Å². The van der Waals surface area contributed by atoms with Gasteiger partial charge in [-0.2, -0.15) is 0 Å². The third kappa shape index (κ3) is 3.29. The Bertz CT molecular complexity index is 990. The molecule has 0 atom stereocenters. The van der Waals surface area contributed by atoms with E-state index >= 15 is 0 Å². The summed E-state index contributed by atoms with van der Waals surface area (Å²) in [4.78, 5) is 22.2. The van der Waals surface area contributed by atoms with Gasteiger partial charge in [0.15, 0.2) is 5.65 Å². The maximum atomic E-state index is 12.2. The Morgan fingerprint density at radius 3 is 2.76 bits per heavy atom. The van der Waals surface area contributed by atoms with E-state index in [1.54, 1.807) is 23.9 Å². The number of rotatable bonds is 5. The highest BCUT2D eigenvalue weighted by atomic mass is 32.1. The van der Waals surface area contributed by atoms with Gasteiger partial charge in [-0.1, -0.05) is 6.07 Å². The lowest BCUT2D eigenvalue weighted by atomic mass is 10.2. The van der Waals surface area contributed by atoms with E-state index in [2.05, 4.69) is 21.4 Å². The van der Waals surface area contributed by atoms with Crippen LogP contribution in [0, 0.1) is 0 Å². The van der Waals surface area contributed by atoms with Crippen molar-refractivity contribution in [2.45, 2.75) is 6.42 Å². The molecule has 0 unspecified atom stereocenters. The number of amides is 1. The molecule has 4 rings (SSSR count). The van der Waals surface area contributed by atoms with E-state index in [-0.39, 0.29) is 5.91 Å². The average Bonchev–Trinajstić information content (AvgIpc) is 3.31. The smallest absolute Gasteiger partial charge is 0.251 e. The number of imidazole rings is 1. The quantitative estimate of drug-likeness (QED) is 0.601. The van der Waals surface area contributed by atoms with Crippen LogP contribution in [0.25, 0.3) is 16.9 Å². The lowest BCUT2D eigenvalue weighted by Crippen LogP contribution is -2.25. The number of carbonyl (C=O) groups excluding carboxylic acids is 1. The number of carbonyl (C=O) groups is 1. The summed E-state index contributed by atoms with van der Waals surface area (Å²) in [5.74, 6) is -0.0586. The molecule has 25 heavy (non-hydrogen) atoms. The summed E-state index contributed by atoms with van der Waals surface area (Å²) >= 11 is 1.71. The van der Waals surface area contributed by atoms with Gasteiger partial charge < -0.3 is 5.32 Å². The van der Waals surface area contributed by atoms with E-state index in [4.69, 9.17) is 0 Å². The molecule has 4 aromatic rings. The van der Waals surface area contributed by atoms with Crippen LogP contribution in [-0.2, 0) is 6.42 Å². The summed E-state index contributed by atoms with van der Waals surface area (Å²) in [6, 6.07) is 15.4. The van der Waals surface area contributed by atoms with Crippen LogP contribution in [0.3, 0.4) is 0 Å². The van der Waals surface area contributed by atoms with Gasteiger partial charge in [0, 0.05) is 28.9 Å². The molecule has 0 aliphatic heterocycles. The molecule has 0 fully saturated rings. The highest BCUT2D eigenvalue weighted by Crippen LogP contribution is 2.16. The molecular formula is C19H16N4OS. The number of hydrogen-bond donors (Lipinski definition) is 1. The van der Waals surface area contributed by atoms with Crippen LogP contribution < -0.4 is 5.32 Å². The van der Waals surface area contributed by atoms with Gasteiger partial charge in [-0.25, -0.2) is 9.97 Å². The van der Waals surface area contributed by atoms with Crippen molar-refractivity contribution in [2.24, 2.45) is 0 Å². The lowest BCUT2D eigenvalue weighted by molar-refractivity contribution is 0.0954. The number of thiophene rings is 1. The Morgan fingerprint density at radius 1 is 1.08 bits per heavy atom. The van der Waals surface area contributed by atoms with E-state index in [1.165, 1.54) is 4.88 Å². The third-order valence-corrected chi connectivity index (χ3v) is 4.89. The number of nitrogens with one attached hydrogen (secondary N) is 1. The van der Waals surface area contributed by atoms with Crippen molar-refractivity contribution in [3.8, 4) is 5.69 Å². The SMILES string of the molecule is O=C(NCCc1cccs1)c1ccc(-n2cnc3cccnc32)cc1. The molecule has 0 spiro atoms. The van der Waals surface area contributed by atoms with Crippen LogP contribution in [-0.4, -0.2) is 27.0 Å². The second-order valence-electron chi connectivity index (χ2n) is 5.59. The molecule has 0 saturated carbocycles. The Morgan fingerprint density at radius 2 is 1.96 bits per heavy atom. The number of nitrogens with zero attached hydrogens (tertiary/aromatic N) is 3. The Hall–Kier alpha value is -2.99. The molecule has 0 bridgehead atoms. The van der Waals surface area contributed by atoms with Crippen molar-refractivity contribution in [1.29, 1.82) is 0 Å². The summed E-state index contributed by atoms with van der Waals surface area (Å²) < 4.78 is 1.91. The number of aromatic nitrogens is 3. The molecule has 5 nitrogen and oxygen atoms in total. The zero-order valence-electron chi connectivity index (χ0n) is 13.4. The minimum Gasteiger partial charge on any atom is -0.352 e. The minimum absolute atomic E-state index is 0.0586. The van der Waals surface area contributed by atoms with E-state index in [1.807, 2.05) is 52.4 Å². The fraction of sp³-hybridized carbons (Fsp3) is 0.105. The van der Waals surface area contributed by atoms with Crippen LogP contribution in [0.4, 0.5) is 0 Å². The number of hydrogen-bond acceptors (Lipinski definition) is 4. The zero-order chi connectivity index (χ0) is 17.1. The van der Waals surface area contributed by atoms with Gasteiger partial charge in [0.2, 0.25) is 0 Å². The van der Waals surface area contributed by atoms with Crippen molar-refractivity contribution < 1.29 is 4.79 Å². The van der Waals surface area contributed by atoms with E-state index in [0.29, 0.717) is 12.1 Å². The van der Waals surface area contributed by atoms with E-state index in [9.17, 15) is 4.79 Å². The summed E-state index contributed by atoms with van der Waals surface area (Å²) in [7, 11) is 0. The first kappa shape index (κ1) is 15.5. The van der Waals surface area contributed by atoms with Gasteiger partial charge >= 0.3 is 0 Å². The maximum Gasteiger partial charge on any atom is 0.251 e. The fourth-order valence-corrected chi connectivity index (χ4v) is 3.38. The zero-order valence-corrected chi connectivity index (χ0v) is 14.2. The van der Waals surface area contributed by atoms with Gasteiger partial charge in [0.25, 0.3) is 5.91 Å². The van der Waals surface area contributed by atoms with Gasteiger partial charge in [-0.05, 0) is 54.3 Å². The highest BCUT2D eigenvalue weighted by Gasteiger charge is 2.08. The minimum atomic E-state index is -0.0586. The second-order valence-corrected chi connectivity index (χ2v) is 6.63. The van der Waals surface area contributed by atoms with Crippen molar-refractivity contribution >= 4 is 28.4 Å². The van der Waals surface area contributed by atoms with Crippen LogP contribution in [0.1, 0.15) is 15.2 Å². The van der Waals surface area contributed by atoms with Gasteiger partial charge in [-0.15, -0.1) is 11.3 Å². The van der Waals surface area contributed by atoms with Crippen LogP contribution in [0.5, 0.6) is 0 Å². The first-order valence-electron chi connectivity index (χ1n) is 8.00. The lowest BCUT2D eigenvalue weighted by Gasteiger charge is -2.07.